The Balaban J connectivity index is 2.52. The van der Waals surface area contributed by atoms with Crippen molar-refractivity contribution in [2.75, 3.05) is 13.7 Å². The molecule has 1 atom stereocenters. The van der Waals surface area contributed by atoms with Crippen LogP contribution in [0.4, 0.5) is 0 Å². The van der Waals surface area contributed by atoms with Gasteiger partial charge >= 0.3 is 0 Å². The highest BCUT2D eigenvalue weighted by molar-refractivity contribution is 6.33. The fourth-order valence-electron chi connectivity index (χ4n) is 1.59. The molecule has 0 unspecified atom stereocenters. The number of fused-ring (bicyclic) bond motifs is 1. The molecule has 1 heterocycles. The zero-order valence-electron chi connectivity index (χ0n) is 7.92. The second-order valence-corrected chi connectivity index (χ2v) is 3.62. The predicted octanol–water partition coefficient (Wildman–Crippen LogP) is 2.13. The summed E-state index contributed by atoms with van der Waals surface area (Å²) in [6.07, 6.45) is 0.829. The van der Waals surface area contributed by atoms with E-state index in [2.05, 4.69) is 0 Å². The van der Waals surface area contributed by atoms with Gasteiger partial charge in [-0.2, -0.15) is 0 Å². The predicted molar refractivity (Wildman–Crippen MR) is 55.0 cm³/mol. The fourth-order valence-corrected chi connectivity index (χ4v) is 1.90. The summed E-state index contributed by atoms with van der Waals surface area (Å²) in [5, 5.41) is 0.514. The Labute approximate surface area is 87.8 Å². The maximum Gasteiger partial charge on any atom is 0.146 e. The van der Waals surface area contributed by atoms with Gasteiger partial charge in [0.1, 0.15) is 16.5 Å². The smallest absolute Gasteiger partial charge is 0.146 e. The van der Waals surface area contributed by atoms with Crippen LogP contribution in [0, 0.1) is 0 Å². The molecule has 0 aromatic heterocycles. The lowest BCUT2D eigenvalue weighted by Gasteiger charge is -2.24. The lowest BCUT2D eigenvalue weighted by molar-refractivity contribution is 0.267. The van der Waals surface area contributed by atoms with Gasteiger partial charge in [-0.05, 0) is 12.1 Å². The molecule has 0 fully saturated rings. The normalized spacial score (nSPS) is 19.8. The first-order chi connectivity index (χ1) is 6.74. The molecule has 0 saturated carbocycles. The van der Waals surface area contributed by atoms with Crippen LogP contribution in [0.15, 0.2) is 12.1 Å². The molecular weight excluding hydrogens is 202 g/mol. The van der Waals surface area contributed by atoms with Crippen molar-refractivity contribution in [2.45, 2.75) is 12.5 Å². The number of methoxy groups -OCH3 is 1. The number of hydrogen-bond donors (Lipinski definition) is 1. The first-order valence-electron chi connectivity index (χ1n) is 4.49. The summed E-state index contributed by atoms with van der Waals surface area (Å²) < 4.78 is 10.6. The molecule has 2 N–H and O–H groups in total. The first-order valence-corrected chi connectivity index (χ1v) is 4.86. The van der Waals surface area contributed by atoms with Gasteiger partial charge in [-0.3, -0.25) is 0 Å². The molecule has 1 aromatic rings. The van der Waals surface area contributed by atoms with Gasteiger partial charge in [-0.25, -0.2) is 0 Å². The van der Waals surface area contributed by atoms with E-state index in [0.717, 1.165) is 12.0 Å². The van der Waals surface area contributed by atoms with Crippen LogP contribution in [0.1, 0.15) is 18.0 Å². The maximum atomic E-state index is 6.09. The van der Waals surface area contributed by atoms with Gasteiger partial charge in [0.2, 0.25) is 0 Å². The third-order valence-corrected chi connectivity index (χ3v) is 2.74. The molecule has 0 saturated heterocycles. The molecule has 0 amide bonds. The minimum atomic E-state index is 0.0159. The van der Waals surface area contributed by atoms with Crippen LogP contribution in [0.3, 0.4) is 0 Å². The van der Waals surface area contributed by atoms with Gasteiger partial charge < -0.3 is 15.2 Å². The van der Waals surface area contributed by atoms with E-state index in [9.17, 15) is 0 Å². The van der Waals surface area contributed by atoms with Gasteiger partial charge in [0.15, 0.2) is 0 Å². The van der Waals surface area contributed by atoms with Gasteiger partial charge in [-0.1, -0.05) is 11.6 Å². The second-order valence-electron chi connectivity index (χ2n) is 3.24. The minimum Gasteiger partial charge on any atom is -0.495 e. The lowest BCUT2D eigenvalue weighted by Crippen LogP contribution is -2.20. The fraction of sp³-hybridized carbons (Fsp3) is 0.400. The Morgan fingerprint density at radius 2 is 2.36 bits per heavy atom. The summed E-state index contributed by atoms with van der Waals surface area (Å²) in [7, 11) is 1.58. The van der Waals surface area contributed by atoms with Crippen LogP contribution in [0.5, 0.6) is 11.5 Å². The highest BCUT2D eigenvalue weighted by atomic mass is 35.5. The van der Waals surface area contributed by atoms with E-state index in [1.165, 1.54) is 0 Å². The third kappa shape index (κ3) is 1.42. The molecule has 0 radical (unpaired) electrons. The van der Waals surface area contributed by atoms with Crippen molar-refractivity contribution in [2.24, 2.45) is 5.73 Å². The van der Waals surface area contributed by atoms with Crippen molar-refractivity contribution in [3.63, 3.8) is 0 Å². The van der Waals surface area contributed by atoms with E-state index in [0.29, 0.717) is 23.1 Å². The largest absolute Gasteiger partial charge is 0.495 e. The molecule has 1 aliphatic rings. The van der Waals surface area contributed by atoms with Crippen molar-refractivity contribution in [1.82, 2.24) is 0 Å². The lowest BCUT2D eigenvalue weighted by atomic mass is 10.0. The van der Waals surface area contributed by atoms with E-state index in [4.69, 9.17) is 26.8 Å². The summed E-state index contributed by atoms with van der Waals surface area (Å²) in [6, 6.07) is 3.74. The topological polar surface area (TPSA) is 44.5 Å². The maximum absolute atomic E-state index is 6.09. The standard InChI is InChI=1S/C10H12ClNO2/c1-13-8-3-2-6-7(12)4-5-14-10(6)9(8)11/h2-3,7H,4-5,12H2,1H3/t7-/m1/s1. The van der Waals surface area contributed by atoms with Crippen LogP contribution in [0.2, 0.25) is 5.02 Å². The zero-order valence-corrected chi connectivity index (χ0v) is 8.67. The minimum absolute atomic E-state index is 0.0159. The first kappa shape index (κ1) is 9.62. The molecule has 3 nitrogen and oxygen atoms in total. The summed E-state index contributed by atoms with van der Waals surface area (Å²) in [5.74, 6) is 1.30. The second kappa shape index (κ2) is 3.67. The highest BCUT2D eigenvalue weighted by Gasteiger charge is 2.22. The zero-order chi connectivity index (χ0) is 10.1. The molecule has 0 bridgehead atoms. The monoisotopic (exact) mass is 213 g/mol. The van der Waals surface area contributed by atoms with E-state index >= 15 is 0 Å². The molecule has 4 heteroatoms. The number of hydrogen-bond acceptors (Lipinski definition) is 3. The van der Waals surface area contributed by atoms with Crippen LogP contribution in [-0.2, 0) is 0 Å². The summed E-state index contributed by atoms with van der Waals surface area (Å²) in [5.41, 5.74) is 6.89. The Morgan fingerprint density at radius 3 is 3.07 bits per heavy atom. The number of halogens is 1. The average molecular weight is 214 g/mol. The molecule has 76 valence electrons. The average Bonchev–Trinajstić information content (AvgIpc) is 2.20. The van der Waals surface area contributed by atoms with Crippen molar-refractivity contribution >= 4 is 11.6 Å². The van der Waals surface area contributed by atoms with Gasteiger partial charge in [-0.15, -0.1) is 0 Å². The van der Waals surface area contributed by atoms with E-state index in [1.54, 1.807) is 7.11 Å². The Kier molecular flexibility index (Phi) is 2.52. The van der Waals surface area contributed by atoms with E-state index in [-0.39, 0.29) is 6.04 Å². The molecule has 14 heavy (non-hydrogen) atoms. The number of benzene rings is 1. The molecule has 1 aliphatic heterocycles. The van der Waals surface area contributed by atoms with E-state index in [1.807, 2.05) is 12.1 Å². The number of ether oxygens (including phenoxy) is 2. The van der Waals surface area contributed by atoms with E-state index < -0.39 is 0 Å². The Bertz CT molecular complexity index is 354. The number of nitrogens with two attached hydrogens (primary N) is 1. The summed E-state index contributed by atoms with van der Waals surface area (Å²) in [4.78, 5) is 0. The third-order valence-electron chi connectivity index (χ3n) is 2.39. The highest BCUT2D eigenvalue weighted by Crippen LogP contribution is 2.41. The number of rotatable bonds is 1. The quantitative estimate of drug-likeness (QED) is 0.777. The summed E-state index contributed by atoms with van der Waals surface area (Å²) >= 11 is 6.09. The van der Waals surface area contributed by atoms with Crippen molar-refractivity contribution in [3.8, 4) is 11.5 Å². The Hall–Kier alpha value is -0.930. The van der Waals surface area contributed by atoms with Crippen LogP contribution < -0.4 is 15.2 Å². The molecule has 0 aliphatic carbocycles. The Morgan fingerprint density at radius 1 is 1.57 bits per heavy atom. The summed E-state index contributed by atoms with van der Waals surface area (Å²) in [6.45, 7) is 0.612. The van der Waals surface area contributed by atoms with Crippen LogP contribution in [-0.4, -0.2) is 13.7 Å². The van der Waals surface area contributed by atoms with Gasteiger partial charge in [0.25, 0.3) is 0 Å². The van der Waals surface area contributed by atoms with Crippen LogP contribution in [0.25, 0.3) is 0 Å². The molecule has 2 rings (SSSR count). The molecule has 1 aromatic carbocycles. The van der Waals surface area contributed by atoms with Crippen molar-refractivity contribution < 1.29 is 9.47 Å². The van der Waals surface area contributed by atoms with Crippen LogP contribution >= 0.6 is 11.6 Å². The van der Waals surface area contributed by atoms with Crippen molar-refractivity contribution in [3.05, 3.63) is 22.7 Å². The SMILES string of the molecule is COc1ccc2c(c1Cl)OCC[C@H]2N. The molecule has 0 spiro atoms. The van der Waals surface area contributed by atoms with Crippen molar-refractivity contribution in [1.29, 1.82) is 0 Å². The van der Waals surface area contributed by atoms with Gasteiger partial charge in [0, 0.05) is 18.0 Å². The van der Waals surface area contributed by atoms with Gasteiger partial charge in [0.05, 0.1) is 13.7 Å². The molecular formula is C10H12ClNO2.